The number of nitrogens with zero attached hydrogens (tertiary/aromatic N) is 1. The number of thiophene rings is 1. The van der Waals surface area contributed by atoms with Gasteiger partial charge in [0, 0.05) is 17.3 Å². The van der Waals surface area contributed by atoms with Gasteiger partial charge in [-0.15, -0.1) is 11.3 Å². The normalized spacial score (nSPS) is 22.4. The molecule has 1 heterocycles. The largest absolute Gasteiger partial charge is 0.481 e. The number of hydrogen-bond donors (Lipinski definition) is 1. The average Bonchev–Trinajstić information content (AvgIpc) is 3.06. The third kappa shape index (κ3) is 3.35. The summed E-state index contributed by atoms with van der Waals surface area (Å²) in [6.45, 7) is 3.28. The quantitative estimate of drug-likeness (QED) is 0.902. The summed E-state index contributed by atoms with van der Waals surface area (Å²) in [4.78, 5) is 26.4. The first-order chi connectivity index (χ1) is 9.11. The topological polar surface area (TPSA) is 57.6 Å². The molecular formula is C14H19NO3S. The minimum Gasteiger partial charge on any atom is -0.481 e. The van der Waals surface area contributed by atoms with Gasteiger partial charge in [-0.05, 0) is 37.6 Å². The van der Waals surface area contributed by atoms with E-state index in [0.29, 0.717) is 32.4 Å². The van der Waals surface area contributed by atoms with Crippen molar-refractivity contribution in [2.24, 2.45) is 11.8 Å². The maximum atomic E-state index is 12.4. The first kappa shape index (κ1) is 14.1. The van der Waals surface area contributed by atoms with Crippen molar-refractivity contribution in [1.82, 2.24) is 4.90 Å². The van der Waals surface area contributed by atoms with Crippen LogP contribution in [0.5, 0.6) is 0 Å². The Hall–Kier alpha value is -1.36. The summed E-state index contributed by atoms with van der Waals surface area (Å²) in [6, 6.07) is 4.00. The first-order valence-electron chi connectivity index (χ1n) is 6.65. The molecule has 0 radical (unpaired) electrons. The van der Waals surface area contributed by atoms with E-state index in [2.05, 4.69) is 0 Å². The van der Waals surface area contributed by atoms with Gasteiger partial charge in [0.15, 0.2) is 0 Å². The van der Waals surface area contributed by atoms with Gasteiger partial charge in [-0.25, -0.2) is 0 Å². The molecule has 1 aliphatic rings. The van der Waals surface area contributed by atoms with Crippen LogP contribution in [0.25, 0.3) is 0 Å². The highest BCUT2D eigenvalue weighted by Gasteiger charge is 2.35. The van der Waals surface area contributed by atoms with E-state index in [-0.39, 0.29) is 17.7 Å². The van der Waals surface area contributed by atoms with Crippen LogP contribution in [0.4, 0.5) is 0 Å². The number of carbonyl (C=O) groups excluding carboxylic acids is 1. The summed E-state index contributed by atoms with van der Waals surface area (Å²) < 4.78 is 0. The highest BCUT2D eigenvalue weighted by molar-refractivity contribution is 7.09. The zero-order valence-electron chi connectivity index (χ0n) is 11.0. The van der Waals surface area contributed by atoms with Crippen LogP contribution in [0.15, 0.2) is 17.5 Å². The van der Waals surface area contributed by atoms with E-state index in [1.165, 1.54) is 4.88 Å². The van der Waals surface area contributed by atoms with Crippen molar-refractivity contribution < 1.29 is 14.7 Å². The van der Waals surface area contributed by atoms with Crippen molar-refractivity contribution in [3.63, 3.8) is 0 Å². The van der Waals surface area contributed by atoms with Gasteiger partial charge in [-0.1, -0.05) is 6.07 Å². The molecule has 1 fully saturated rings. The van der Waals surface area contributed by atoms with Gasteiger partial charge in [0.2, 0.25) is 5.91 Å². The van der Waals surface area contributed by atoms with E-state index in [4.69, 9.17) is 5.11 Å². The average molecular weight is 281 g/mol. The van der Waals surface area contributed by atoms with E-state index in [9.17, 15) is 9.59 Å². The molecular weight excluding hydrogens is 262 g/mol. The molecule has 4 nitrogen and oxygen atoms in total. The summed E-state index contributed by atoms with van der Waals surface area (Å²) in [5, 5.41) is 11.0. The van der Waals surface area contributed by atoms with Crippen molar-refractivity contribution in [3.8, 4) is 0 Å². The van der Waals surface area contributed by atoms with Crippen molar-refractivity contribution in [2.45, 2.75) is 32.7 Å². The number of rotatable bonds is 5. The lowest BCUT2D eigenvalue weighted by molar-refractivity contribution is -0.141. The molecule has 1 aromatic heterocycles. The number of hydrogen-bond acceptors (Lipinski definition) is 3. The second-order valence-electron chi connectivity index (χ2n) is 4.98. The van der Waals surface area contributed by atoms with Gasteiger partial charge >= 0.3 is 5.97 Å². The second kappa shape index (κ2) is 6.19. The summed E-state index contributed by atoms with van der Waals surface area (Å²) in [5.41, 5.74) is 0. The lowest BCUT2D eigenvalue weighted by Gasteiger charge is -2.23. The molecule has 1 amide bonds. The standard InChI is InChI=1S/C14H19NO3S/c1-2-15(9-12-4-3-7-19-12)13(16)10-5-6-11(8-10)14(17)18/h3-4,7,10-11H,2,5-6,8-9H2,1H3,(H,17,18). The lowest BCUT2D eigenvalue weighted by atomic mass is 10.0. The summed E-state index contributed by atoms with van der Waals surface area (Å²) in [6.07, 6.45) is 1.83. The van der Waals surface area contributed by atoms with Gasteiger partial charge in [-0.2, -0.15) is 0 Å². The predicted molar refractivity (Wildman–Crippen MR) is 73.9 cm³/mol. The van der Waals surface area contributed by atoms with Gasteiger partial charge in [0.25, 0.3) is 0 Å². The maximum absolute atomic E-state index is 12.4. The Morgan fingerprint density at radius 2 is 2.16 bits per heavy atom. The second-order valence-corrected chi connectivity index (χ2v) is 6.01. The fraction of sp³-hybridized carbons (Fsp3) is 0.571. The Balaban J connectivity index is 1.95. The van der Waals surface area contributed by atoms with Crippen LogP contribution >= 0.6 is 11.3 Å². The highest BCUT2D eigenvalue weighted by atomic mass is 32.1. The molecule has 104 valence electrons. The van der Waals surface area contributed by atoms with Gasteiger partial charge < -0.3 is 10.0 Å². The molecule has 0 spiro atoms. The Morgan fingerprint density at radius 1 is 1.42 bits per heavy atom. The highest BCUT2D eigenvalue weighted by Crippen LogP contribution is 2.32. The van der Waals surface area contributed by atoms with Crippen molar-refractivity contribution in [2.75, 3.05) is 6.54 Å². The molecule has 1 aromatic rings. The molecule has 19 heavy (non-hydrogen) atoms. The smallest absolute Gasteiger partial charge is 0.306 e. The molecule has 1 saturated carbocycles. The molecule has 0 bridgehead atoms. The Labute approximate surface area is 117 Å². The number of aliphatic carboxylic acids is 1. The lowest BCUT2D eigenvalue weighted by Crippen LogP contribution is -2.34. The van der Waals surface area contributed by atoms with E-state index in [1.54, 1.807) is 11.3 Å². The molecule has 2 unspecified atom stereocenters. The monoisotopic (exact) mass is 281 g/mol. The van der Waals surface area contributed by atoms with Gasteiger partial charge in [-0.3, -0.25) is 9.59 Å². The van der Waals surface area contributed by atoms with Crippen LogP contribution in [-0.4, -0.2) is 28.4 Å². The number of carboxylic acid groups (broad SMARTS) is 1. The van der Waals surface area contributed by atoms with Crippen LogP contribution in [0.3, 0.4) is 0 Å². The van der Waals surface area contributed by atoms with Crippen LogP contribution in [0.1, 0.15) is 31.1 Å². The first-order valence-corrected chi connectivity index (χ1v) is 7.53. The SMILES string of the molecule is CCN(Cc1cccs1)C(=O)C1CCC(C(=O)O)C1. The van der Waals surface area contributed by atoms with Gasteiger partial charge in [0.1, 0.15) is 0 Å². The molecule has 0 saturated heterocycles. The molecule has 1 aliphatic carbocycles. The van der Waals surface area contributed by atoms with Crippen LogP contribution in [-0.2, 0) is 16.1 Å². The number of carbonyl (C=O) groups is 2. The fourth-order valence-corrected chi connectivity index (χ4v) is 3.34. The minimum atomic E-state index is -0.767. The van der Waals surface area contributed by atoms with Crippen molar-refractivity contribution in [1.29, 1.82) is 0 Å². The molecule has 2 rings (SSSR count). The summed E-state index contributed by atoms with van der Waals surface area (Å²) in [5.74, 6) is -1.10. The third-order valence-corrected chi connectivity index (χ3v) is 4.61. The minimum absolute atomic E-state index is 0.110. The third-order valence-electron chi connectivity index (χ3n) is 3.75. The number of carboxylic acids is 1. The number of amides is 1. The summed E-state index contributed by atoms with van der Waals surface area (Å²) in [7, 11) is 0. The fourth-order valence-electron chi connectivity index (χ4n) is 2.62. The van der Waals surface area contributed by atoms with Crippen molar-refractivity contribution >= 4 is 23.2 Å². The zero-order chi connectivity index (χ0) is 13.8. The van der Waals surface area contributed by atoms with Gasteiger partial charge in [0.05, 0.1) is 12.5 Å². The van der Waals surface area contributed by atoms with Crippen LogP contribution in [0.2, 0.25) is 0 Å². The molecule has 1 N–H and O–H groups in total. The van der Waals surface area contributed by atoms with E-state index in [0.717, 1.165) is 0 Å². The van der Waals surface area contributed by atoms with Crippen LogP contribution < -0.4 is 0 Å². The van der Waals surface area contributed by atoms with Crippen molar-refractivity contribution in [3.05, 3.63) is 22.4 Å². The van der Waals surface area contributed by atoms with Crippen LogP contribution in [0, 0.1) is 11.8 Å². The Bertz CT molecular complexity index is 444. The zero-order valence-corrected chi connectivity index (χ0v) is 11.9. The van der Waals surface area contributed by atoms with E-state index >= 15 is 0 Å². The molecule has 0 aliphatic heterocycles. The molecule has 0 aromatic carbocycles. The Morgan fingerprint density at radius 3 is 2.68 bits per heavy atom. The maximum Gasteiger partial charge on any atom is 0.306 e. The predicted octanol–water partition coefficient (Wildman–Crippen LogP) is 2.60. The molecule has 5 heteroatoms. The Kier molecular flexibility index (Phi) is 4.58. The molecule has 2 atom stereocenters. The summed E-state index contributed by atoms with van der Waals surface area (Å²) >= 11 is 1.64. The van der Waals surface area contributed by atoms with E-state index in [1.807, 2.05) is 29.3 Å². The van der Waals surface area contributed by atoms with E-state index < -0.39 is 5.97 Å².